The number of esters is 4. The second-order valence-electron chi connectivity index (χ2n) is 13.5. The van der Waals surface area contributed by atoms with Gasteiger partial charge >= 0.3 is 23.9 Å². The third kappa shape index (κ3) is 11.1. The van der Waals surface area contributed by atoms with Gasteiger partial charge in [-0.1, -0.05) is 0 Å². The lowest BCUT2D eigenvalue weighted by atomic mass is 9.95. The van der Waals surface area contributed by atoms with Gasteiger partial charge in [-0.25, -0.2) is 0 Å². The highest BCUT2D eigenvalue weighted by Crippen LogP contribution is 2.35. The Balaban J connectivity index is 1.70. The van der Waals surface area contributed by atoms with E-state index in [9.17, 15) is 70.2 Å². The maximum Gasteiger partial charge on any atom is 0.303 e. The maximum atomic E-state index is 12.5. The lowest BCUT2D eigenvalue weighted by molar-refractivity contribution is -0.384. The van der Waals surface area contributed by atoms with Gasteiger partial charge in [0.25, 0.3) is 0 Å². The van der Waals surface area contributed by atoms with E-state index in [-0.39, 0.29) is 0 Å². The van der Waals surface area contributed by atoms with Crippen molar-refractivity contribution in [3.8, 4) is 0 Å². The van der Waals surface area contributed by atoms with Crippen molar-refractivity contribution in [1.82, 2.24) is 0 Å². The predicted molar refractivity (Wildman–Crippen MR) is 172 cm³/mol. The molecule has 20 atom stereocenters. The monoisotopic (exact) mass is 834 g/mol. The quantitative estimate of drug-likeness (QED) is 0.0574. The van der Waals surface area contributed by atoms with E-state index in [1.165, 1.54) is 0 Å². The molecule has 0 amide bonds. The molecule has 4 rings (SSSR count). The van der Waals surface area contributed by atoms with Crippen LogP contribution in [0, 0.1) is 0 Å². The summed E-state index contributed by atoms with van der Waals surface area (Å²) in [7, 11) is 0. The van der Waals surface area contributed by atoms with Crippen LogP contribution in [-0.4, -0.2) is 224 Å². The third-order valence-corrected chi connectivity index (χ3v) is 9.29. The molecule has 0 unspecified atom stereocenters. The van der Waals surface area contributed by atoms with E-state index in [2.05, 4.69) is 0 Å². The van der Waals surface area contributed by atoms with Gasteiger partial charge in [0.05, 0.1) is 26.4 Å². The lowest BCUT2D eigenvalue weighted by Gasteiger charge is -2.49. The minimum absolute atomic E-state index is 0.833. The van der Waals surface area contributed by atoms with E-state index in [1.807, 2.05) is 0 Å². The molecule has 4 saturated heterocycles. The molecule has 10 N–H and O–H groups in total. The van der Waals surface area contributed by atoms with Crippen LogP contribution in [0.15, 0.2) is 0 Å². The zero-order chi connectivity index (χ0) is 42.5. The highest BCUT2D eigenvalue weighted by molar-refractivity contribution is 5.67. The lowest BCUT2D eigenvalue weighted by Crippen LogP contribution is -2.68. The number of carbonyl (C=O) groups is 4. The summed E-state index contributed by atoms with van der Waals surface area (Å²) >= 11 is 0. The molecule has 0 radical (unpaired) electrons. The molecule has 0 aromatic carbocycles. The zero-order valence-electron chi connectivity index (χ0n) is 31.0. The molecule has 0 saturated carbocycles. The SMILES string of the molecule is CC(=O)O[C@@H]1[C@@H](O[C@H]2[C@H](O)[C@@H](CO)O[C@H](O)[C@H]2OC(C)=O)O[C@H](CO[C@H]2O[C@H](CO)[C@@H](OC(C)=O)[C@H](O)[C@@H]2O)[C@@H](O)[C@@H]1O[C@H]1O[C@H](CO)[C@@H](OC(C)=O)[C@H](O)[C@@H]1O. The van der Waals surface area contributed by atoms with Crippen LogP contribution in [0.2, 0.25) is 0 Å². The zero-order valence-corrected chi connectivity index (χ0v) is 31.0. The van der Waals surface area contributed by atoms with Crippen molar-refractivity contribution in [3.05, 3.63) is 0 Å². The minimum Gasteiger partial charge on any atom is -0.457 e. The summed E-state index contributed by atoms with van der Waals surface area (Å²) in [6.07, 6.45) is -36.7. The van der Waals surface area contributed by atoms with Gasteiger partial charge < -0.3 is 103 Å². The summed E-state index contributed by atoms with van der Waals surface area (Å²) in [6, 6.07) is 0. The van der Waals surface area contributed by atoms with E-state index >= 15 is 0 Å². The average molecular weight is 835 g/mol. The molecule has 0 aliphatic carbocycles. The Bertz CT molecular complexity index is 1350. The van der Waals surface area contributed by atoms with Crippen LogP contribution in [0.5, 0.6) is 0 Å². The fourth-order valence-electron chi connectivity index (χ4n) is 6.67. The highest BCUT2D eigenvalue weighted by Gasteiger charge is 2.57. The summed E-state index contributed by atoms with van der Waals surface area (Å²) in [4.78, 5) is 47.7. The molecule has 25 heteroatoms. The second-order valence-corrected chi connectivity index (χ2v) is 13.5. The second kappa shape index (κ2) is 20.4. The number of ether oxygens (including phenoxy) is 11. The van der Waals surface area contributed by atoms with Crippen molar-refractivity contribution in [2.24, 2.45) is 0 Å². The number of hydrogen-bond donors (Lipinski definition) is 10. The summed E-state index contributed by atoms with van der Waals surface area (Å²) < 4.78 is 60.1. The van der Waals surface area contributed by atoms with E-state index in [0.29, 0.717) is 0 Å². The van der Waals surface area contributed by atoms with E-state index in [0.717, 1.165) is 27.7 Å². The molecular formula is C32H50O25. The Hall–Kier alpha value is -2.80. The van der Waals surface area contributed by atoms with Crippen molar-refractivity contribution in [3.63, 3.8) is 0 Å². The smallest absolute Gasteiger partial charge is 0.303 e. The molecule has 4 aliphatic rings. The first kappa shape index (κ1) is 46.9. The number of hydrogen-bond acceptors (Lipinski definition) is 25. The molecule has 4 fully saturated rings. The fraction of sp³-hybridized carbons (Fsp3) is 0.875. The molecule has 0 aromatic heterocycles. The van der Waals surface area contributed by atoms with Crippen molar-refractivity contribution in [1.29, 1.82) is 0 Å². The van der Waals surface area contributed by atoms with Crippen LogP contribution in [0.3, 0.4) is 0 Å². The number of aliphatic hydroxyl groups is 10. The van der Waals surface area contributed by atoms with Crippen LogP contribution in [0.25, 0.3) is 0 Å². The molecule has 0 aromatic rings. The number of aliphatic hydroxyl groups excluding tert-OH is 10. The molecule has 0 bridgehead atoms. The van der Waals surface area contributed by atoms with Crippen molar-refractivity contribution >= 4 is 23.9 Å². The van der Waals surface area contributed by atoms with Gasteiger partial charge in [-0.15, -0.1) is 0 Å². The first-order chi connectivity index (χ1) is 26.8. The van der Waals surface area contributed by atoms with Crippen LogP contribution in [0.1, 0.15) is 27.7 Å². The Kier molecular flexibility index (Phi) is 16.8. The predicted octanol–water partition coefficient (Wildman–Crippen LogP) is -7.47. The molecule has 25 nitrogen and oxygen atoms in total. The molecular weight excluding hydrogens is 784 g/mol. The van der Waals surface area contributed by atoms with Gasteiger partial charge in [0, 0.05) is 27.7 Å². The van der Waals surface area contributed by atoms with Crippen LogP contribution in [0.4, 0.5) is 0 Å². The Labute approximate surface area is 323 Å². The normalized spacial score (nSPS) is 43.8. The van der Waals surface area contributed by atoms with E-state index < -0.39 is 173 Å². The molecule has 57 heavy (non-hydrogen) atoms. The number of carbonyl (C=O) groups excluding carboxylic acids is 4. The van der Waals surface area contributed by atoms with E-state index in [1.54, 1.807) is 0 Å². The third-order valence-electron chi connectivity index (χ3n) is 9.29. The Morgan fingerprint density at radius 3 is 1.30 bits per heavy atom. The van der Waals surface area contributed by atoms with Crippen LogP contribution in [-0.2, 0) is 71.3 Å². The summed E-state index contributed by atoms with van der Waals surface area (Å²) in [5.41, 5.74) is 0. The van der Waals surface area contributed by atoms with Crippen LogP contribution >= 0.6 is 0 Å². The largest absolute Gasteiger partial charge is 0.457 e. The van der Waals surface area contributed by atoms with Crippen molar-refractivity contribution < 1.29 is 122 Å². The molecule has 4 aliphatic heterocycles. The van der Waals surface area contributed by atoms with Gasteiger partial charge in [0.2, 0.25) is 0 Å². The fourth-order valence-corrected chi connectivity index (χ4v) is 6.67. The van der Waals surface area contributed by atoms with E-state index in [4.69, 9.17) is 52.1 Å². The number of rotatable bonds is 14. The Morgan fingerprint density at radius 1 is 0.421 bits per heavy atom. The van der Waals surface area contributed by atoms with Gasteiger partial charge in [-0.3, -0.25) is 19.2 Å². The summed E-state index contributed by atoms with van der Waals surface area (Å²) in [5.74, 6) is -3.84. The molecule has 0 spiro atoms. The minimum atomic E-state index is -2.08. The maximum absolute atomic E-state index is 12.5. The Morgan fingerprint density at radius 2 is 0.807 bits per heavy atom. The molecule has 328 valence electrons. The average Bonchev–Trinajstić information content (AvgIpc) is 3.14. The summed E-state index contributed by atoms with van der Waals surface area (Å²) in [5, 5.41) is 106. The van der Waals surface area contributed by atoms with Gasteiger partial charge in [0.1, 0.15) is 73.2 Å². The van der Waals surface area contributed by atoms with Crippen molar-refractivity contribution in [2.75, 3.05) is 26.4 Å². The van der Waals surface area contributed by atoms with Gasteiger partial charge in [-0.2, -0.15) is 0 Å². The first-order valence-corrected chi connectivity index (χ1v) is 17.7. The van der Waals surface area contributed by atoms with Gasteiger partial charge in [-0.05, 0) is 0 Å². The van der Waals surface area contributed by atoms with Crippen molar-refractivity contribution in [2.45, 2.75) is 151 Å². The standard InChI is InChI=1S/C32H50O25/c1-9(36)48-23-14(6-34)53-30(21(44)19(23)42)47-8-16-18(41)26(56-31-22(45)20(43)24(49-10(2)37)15(7-35)54-31)28(51-12(4)39)32(55-16)57-25-17(40)13(5-33)52-29(46)27(25)50-11(3)38/h13-35,40-46H,5-8H2,1-4H3/t13-,14-,15-,16-,17-,18-,19-,20-,21+,22+,23-,24-,25+,26+,27+,28+,29+,30+,31-,32-/m1/s1. The first-order valence-electron chi connectivity index (χ1n) is 17.7. The van der Waals surface area contributed by atoms with Crippen LogP contribution < -0.4 is 0 Å². The topological polar surface area (TPSA) is 372 Å². The van der Waals surface area contributed by atoms with Gasteiger partial charge in [0.15, 0.2) is 49.6 Å². The highest BCUT2D eigenvalue weighted by atomic mass is 16.8. The summed E-state index contributed by atoms with van der Waals surface area (Å²) in [6.45, 7) is 0.387. The molecule has 4 heterocycles.